The minimum atomic E-state index is -0.630. The van der Waals surface area contributed by atoms with E-state index in [0.29, 0.717) is 33.7 Å². The van der Waals surface area contributed by atoms with E-state index < -0.39 is 6.10 Å². The maximum Gasteiger partial charge on any atom is 0.267 e. The van der Waals surface area contributed by atoms with Crippen LogP contribution in [0.4, 0.5) is 5.82 Å². The Labute approximate surface area is 194 Å². The second kappa shape index (κ2) is 9.64. The fraction of sp³-hybridized carbons (Fsp3) is 0.217. The first kappa shape index (κ1) is 22.2. The van der Waals surface area contributed by atoms with E-state index in [1.807, 2.05) is 30.3 Å². The maximum atomic E-state index is 13.2. The van der Waals surface area contributed by atoms with Crippen molar-refractivity contribution in [3.63, 3.8) is 0 Å². The molecule has 1 aliphatic rings. The van der Waals surface area contributed by atoms with Gasteiger partial charge in [0.25, 0.3) is 11.5 Å². The van der Waals surface area contributed by atoms with Crippen LogP contribution in [0, 0.1) is 0 Å². The molecule has 0 bridgehead atoms. The Morgan fingerprint density at radius 2 is 1.94 bits per heavy atom. The normalized spacial score (nSPS) is 16.2. The van der Waals surface area contributed by atoms with Crippen LogP contribution in [-0.2, 0) is 11.2 Å². The number of aliphatic hydroxyl groups is 1. The summed E-state index contributed by atoms with van der Waals surface area (Å²) in [7, 11) is 0. The molecular formula is C23H22N4O3S2. The van der Waals surface area contributed by atoms with Gasteiger partial charge in [-0.2, -0.15) is 0 Å². The molecule has 1 atom stereocenters. The molecule has 9 heteroatoms. The molecule has 164 valence electrons. The highest BCUT2D eigenvalue weighted by Gasteiger charge is 2.32. The highest BCUT2D eigenvalue weighted by Crippen LogP contribution is 2.33. The van der Waals surface area contributed by atoms with E-state index in [1.54, 1.807) is 42.3 Å². The van der Waals surface area contributed by atoms with Crippen LogP contribution < -0.4 is 10.9 Å². The lowest BCUT2D eigenvalue weighted by atomic mass is 10.1. The van der Waals surface area contributed by atoms with Gasteiger partial charge in [0.2, 0.25) is 0 Å². The molecule has 7 nitrogen and oxygen atoms in total. The van der Waals surface area contributed by atoms with Crippen LogP contribution in [0.2, 0.25) is 0 Å². The molecule has 0 spiro atoms. The Balaban J connectivity index is 1.66. The summed E-state index contributed by atoms with van der Waals surface area (Å²) in [6, 6.07) is 15.1. The van der Waals surface area contributed by atoms with Crippen molar-refractivity contribution in [1.82, 2.24) is 14.3 Å². The van der Waals surface area contributed by atoms with E-state index in [4.69, 9.17) is 12.2 Å². The SMILES string of the molecule is CC(O)CNc1nc2ccccn2c(=O)c1/C=C1\SC(=S)N(CCc2ccccc2)C1=O. The molecule has 1 unspecified atom stereocenters. The predicted molar refractivity (Wildman–Crippen MR) is 132 cm³/mol. The minimum absolute atomic E-state index is 0.217. The summed E-state index contributed by atoms with van der Waals surface area (Å²) in [5, 5.41) is 12.7. The van der Waals surface area contributed by atoms with Crippen LogP contribution in [-0.4, -0.2) is 48.8 Å². The summed E-state index contributed by atoms with van der Waals surface area (Å²) in [6.45, 7) is 2.32. The maximum absolute atomic E-state index is 13.2. The number of hydrogen-bond donors (Lipinski definition) is 2. The van der Waals surface area contributed by atoms with Gasteiger partial charge in [0.1, 0.15) is 15.8 Å². The molecule has 1 amide bonds. The fourth-order valence-electron chi connectivity index (χ4n) is 3.32. The summed E-state index contributed by atoms with van der Waals surface area (Å²) < 4.78 is 1.89. The van der Waals surface area contributed by atoms with Gasteiger partial charge in [0, 0.05) is 19.3 Å². The zero-order valence-electron chi connectivity index (χ0n) is 17.4. The first-order valence-electron chi connectivity index (χ1n) is 10.2. The molecule has 2 N–H and O–H groups in total. The highest BCUT2D eigenvalue weighted by atomic mass is 32.2. The number of anilines is 1. The number of thiocarbonyl (C=S) groups is 1. The number of thioether (sulfide) groups is 1. The summed E-state index contributed by atoms with van der Waals surface area (Å²) >= 11 is 6.61. The van der Waals surface area contributed by atoms with Gasteiger partial charge in [0.05, 0.1) is 16.6 Å². The smallest absolute Gasteiger partial charge is 0.267 e. The van der Waals surface area contributed by atoms with Crippen LogP contribution in [0.25, 0.3) is 11.7 Å². The third-order valence-electron chi connectivity index (χ3n) is 4.95. The lowest BCUT2D eigenvalue weighted by Crippen LogP contribution is -2.30. The molecule has 32 heavy (non-hydrogen) atoms. The van der Waals surface area contributed by atoms with E-state index in [-0.39, 0.29) is 23.6 Å². The molecule has 0 aliphatic carbocycles. The number of carbonyl (C=O) groups is 1. The van der Waals surface area contributed by atoms with Gasteiger partial charge >= 0.3 is 0 Å². The predicted octanol–water partition coefficient (Wildman–Crippen LogP) is 2.93. The van der Waals surface area contributed by atoms with Crippen molar-refractivity contribution in [2.24, 2.45) is 0 Å². The van der Waals surface area contributed by atoms with Crippen molar-refractivity contribution >= 4 is 51.7 Å². The highest BCUT2D eigenvalue weighted by molar-refractivity contribution is 8.26. The van der Waals surface area contributed by atoms with Gasteiger partial charge in [-0.3, -0.25) is 18.9 Å². The molecule has 1 aliphatic heterocycles. The van der Waals surface area contributed by atoms with E-state index in [2.05, 4.69) is 10.3 Å². The lowest BCUT2D eigenvalue weighted by molar-refractivity contribution is -0.122. The number of carbonyl (C=O) groups excluding carboxylic acids is 1. The third kappa shape index (κ3) is 4.74. The molecule has 3 aromatic rings. The first-order valence-corrected chi connectivity index (χ1v) is 11.4. The standard InChI is InChI=1S/C23H22N4O3S2/c1-15(28)14-24-20-17(21(29)26-11-6-5-9-19(26)25-20)13-18-22(30)27(23(31)32-18)12-10-16-7-3-2-4-8-16/h2-9,11,13,15,24,28H,10,12,14H2,1H3/b18-13-. The lowest BCUT2D eigenvalue weighted by Gasteiger charge is -2.14. The number of aliphatic hydroxyl groups excluding tert-OH is 1. The van der Waals surface area contributed by atoms with Crippen molar-refractivity contribution in [3.05, 3.63) is 81.1 Å². The molecule has 0 radical (unpaired) electrons. The Kier molecular flexibility index (Phi) is 6.69. The summed E-state index contributed by atoms with van der Waals surface area (Å²) in [4.78, 5) is 32.7. The van der Waals surface area contributed by atoms with Gasteiger partial charge in [0.15, 0.2) is 0 Å². The Hall–Kier alpha value is -3.01. The van der Waals surface area contributed by atoms with Crippen LogP contribution >= 0.6 is 24.0 Å². The van der Waals surface area contributed by atoms with Gasteiger partial charge in [-0.1, -0.05) is 60.4 Å². The molecule has 1 saturated heterocycles. The van der Waals surface area contributed by atoms with Gasteiger partial charge in [-0.05, 0) is 37.1 Å². The van der Waals surface area contributed by atoms with Gasteiger partial charge in [-0.25, -0.2) is 4.98 Å². The van der Waals surface area contributed by atoms with Crippen molar-refractivity contribution in [1.29, 1.82) is 0 Å². The number of nitrogens with one attached hydrogen (secondary N) is 1. The fourth-order valence-corrected chi connectivity index (χ4v) is 4.61. The molecule has 2 aromatic heterocycles. The Bertz CT molecular complexity index is 1260. The molecule has 0 saturated carbocycles. The number of aromatic nitrogens is 2. The van der Waals surface area contributed by atoms with Gasteiger partial charge < -0.3 is 10.4 Å². The second-order valence-electron chi connectivity index (χ2n) is 7.41. The van der Waals surface area contributed by atoms with E-state index in [0.717, 1.165) is 5.56 Å². The zero-order valence-corrected chi connectivity index (χ0v) is 19.0. The largest absolute Gasteiger partial charge is 0.392 e. The average Bonchev–Trinajstić information content (AvgIpc) is 3.06. The van der Waals surface area contributed by atoms with Crippen LogP contribution in [0.15, 0.2) is 64.4 Å². The summed E-state index contributed by atoms with van der Waals surface area (Å²) in [6.07, 6.45) is 3.23. The van der Waals surface area contributed by atoms with Crippen molar-refractivity contribution in [2.75, 3.05) is 18.4 Å². The number of fused-ring (bicyclic) bond motifs is 1. The van der Waals surface area contributed by atoms with E-state index >= 15 is 0 Å². The minimum Gasteiger partial charge on any atom is -0.392 e. The van der Waals surface area contributed by atoms with Crippen LogP contribution in [0.3, 0.4) is 0 Å². The summed E-state index contributed by atoms with van der Waals surface area (Å²) in [5.74, 6) is 0.0895. The number of hydrogen-bond acceptors (Lipinski definition) is 7. The molecule has 1 fully saturated rings. The molecule has 4 rings (SSSR count). The number of rotatable bonds is 7. The number of pyridine rings is 1. The van der Waals surface area contributed by atoms with Crippen molar-refractivity contribution in [3.8, 4) is 0 Å². The molecule has 3 heterocycles. The third-order valence-corrected chi connectivity index (χ3v) is 6.33. The van der Waals surface area contributed by atoms with Crippen LogP contribution in [0.5, 0.6) is 0 Å². The summed E-state index contributed by atoms with van der Waals surface area (Å²) in [5.41, 5.74) is 1.53. The topological polar surface area (TPSA) is 86.9 Å². The van der Waals surface area contributed by atoms with Crippen LogP contribution in [0.1, 0.15) is 18.1 Å². The number of nitrogens with zero attached hydrogens (tertiary/aromatic N) is 3. The molecule has 1 aromatic carbocycles. The monoisotopic (exact) mass is 466 g/mol. The van der Waals surface area contributed by atoms with Crippen molar-refractivity contribution in [2.45, 2.75) is 19.4 Å². The van der Waals surface area contributed by atoms with Crippen molar-refractivity contribution < 1.29 is 9.90 Å². The molecular weight excluding hydrogens is 444 g/mol. The second-order valence-corrected chi connectivity index (χ2v) is 9.08. The Morgan fingerprint density at radius 1 is 1.19 bits per heavy atom. The number of amides is 1. The first-order chi connectivity index (χ1) is 15.4. The zero-order chi connectivity index (χ0) is 22.7. The van der Waals surface area contributed by atoms with Gasteiger partial charge in [-0.15, -0.1) is 0 Å². The Morgan fingerprint density at radius 3 is 2.69 bits per heavy atom. The van der Waals surface area contributed by atoms with E-state index in [9.17, 15) is 14.7 Å². The van der Waals surface area contributed by atoms with E-state index in [1.165, 1.54) is 16.2 Å². The quantitative estimate of drug-likeness (QED) is 0.409. The average molecular weight is 467 g/mol. The number of benzene rings is 1.